The molecule has 1 heterocycles. The zero-order chi connectivity index (χ0) is 16.5. The smallest absolute Gasteiger partial charge is 0.254 e. The lowest BCUT2D eigenvalue weighted by molar-refractivity contribution is 0.0510. The maximum absolute atomic E-state index is 12.7. The van der Waals surface area contributed by atoms with E-state index in [9.17, 15) is 13.2 Å². The minimum Gasteiger partial charge on any atom is -0.333 e. The van der Waals surface area contributed by atoms with Crippen molar-refractivity contribution in [1.29, 1.82) is 0 Å². The molecule has 1 aliphatic heterocycles. The highest BCUT2D eigenvalue weighted by atomic mass is 32.2. The van der Waals surface area contributed by atoms with E-state index in [-0.39, 0.29) is 22.9 Å². The third kappa shape index (κ3) is 3.19. The van der Waals surface area contributed by atoms with Crippen LogP contribution in [0.15, 0.2) is 29.2 Å². The molecule has 2 unspecified atom stereocenters. The van der Waals surface area contributed by atoms with E-state index in [1.165, 1.54) is 0 Å². The van der Waals surface area contributed by atoms with Crippen LogP contribution in [-0.4, -0.2) is 36.6 Å². The monoisotopic (exact) mass is 323 g/mol. The molecule has 122 valence electrons. The molecule has 0 aromatic heterocycles. The van der Waals surface area contributed by atoms with Crippen LogP contribution in [0.4, 0.5) is 0 Å². The van der Waals surface area contributed by atoms with E-state index in [4.69, 9.17) is 0 Å². The molecule has 2 atom stereocenters. The van der Waals surface area contributed by atoms with E-state index >= 15 is 0 Å². The summed E-state index contributed by atoms with van der Waals surface area (Å²) in [6, 6.07) is 6.81. The number of hydrogen-bond acceptors (Lipinski definition) is 3. The number of hydrogen-bond donors (Lipinski definition) is 0. The first-order valence-electron chi connectivity index (χ1n) is 7.91. The van der Waals surface area contributed by atoms with Gasteiger partial charge >= 0.3 is 0 Å². The largest absolute Gasteiger partial charge is 0.333 e. The molecular weight excluding hydrogens is 298 g/mol. The topological polar surface area (TPSA) is 54.5 Å². The second-order valence-corrected chi connectivity index (χ2v) is 8.96. The Morgan fingerprint density at radius 2 is 1.59 bits per heavy atom. The number of sulfone groups is 1. The summed E-state index contributed by atoms with van der Waals surface area (Å²) >= 11 is 0. The Kier molecular flexibility index (Phi) is 4.95. The van der Waals surface area contributed by atoms with E-state index < -0.39 is 15.1 Å². The summed E-state index contributed by atoms with van der Waals surface area (Å²) in [6.07, 6.45) is 3.20. The van der Waals surface area contributed by atoms with Crippen LogP contribution in [0, 0.1) is 0 Å². The highest BCUT2D eigenvalue weighted by molar-refractivity contribution is 7.92. The van der Waals surface area contributed by atoms with E-state index in [0.717, 1.165) is 19.3 Å². The van der Waals surface area contributed by atoms with Crippen LogP contribution in [0.5, 0.6) is 0 Å². The number of piperidine rings is 1. The molecule has 1 saturated heterocycles. The fourth-order valence-electron chi connectivity index (χ4n) is 3.03. The van der Waals surface area contributed by atoms with Gasteiger partial charge in [-0.05, 0) is 71.2 Å². The second kappa shape index (κ2) is 6.41. The lowest BCUT2D eigenvalue weighted by Gasteiger charge is -2.39. The predicted octanol–water partition coefficient (Wildman–Crippen LogP) is 3.27. The molecule has 1 aliphatic rings. The Bertz CT molecular complexity index is 624. The Labute approximate surface area is 133 Å². The first-order valence-corrected chi connectivity index (χ1v) is 9.46. The highest BCUT2D eigenvalue weighted by Gasteiger charge is 2.29. The van der Waals surface area contributed by atoms with Crippen LogP contribution in [0.2, 0.25) is 0 Å². The van der Waals surface area contributed by atoms with Crippen molar-refractivity contribution in [3.05, 3.63) is 29.8 Å². The van der Waals surface area contributed by atoms with Crippen molar-refractivity contribution >= 4 is 15.7 Å². The van der Waals surface area contributed by atoms with Crippen molar-refractivity contribution in [3.63, 3.8) is 0 Å². The number of carbonyl (C=O) groups excluding carboxylic acids is 1. The SMILES string of the molecule is CC1CCCC(C)N1C(=O)c1ccc(S(=O)(=O)C(C)C)cc1. The summed E-state index contributed by atoms with van der Waals surface area (Å²) in [4.78, 5) is 14.9. The molecule has 0 saturated carbocycles. The average Bonchev–Trinajstić information content (AvgIpc) is 2.47. The fourth-order valence-corrected chi connectivity index (χ4v) is 4.09. The second-order valence-electron chi connectivity index (χ2n) is 6.46. The molecule has 0 N–H and O–H groups in total. The van der Waals surface area contributed by atoms with Crippen molar-refractivity contribution in [3.8, 4) is 0 Å². The maximum Gasteiger partial charge on any atom is 0.254 e. The summed E-state index contributed by atoms with van der Waals surface area (Å²) in [5.74, 6) is -0.00630. The molecule has 1 aromatic carbocycles. The number of amides is 1. The van der Waals surface area contributed by atoms with E-state index in [0.29, 0.717) is 5.56 Å². The van der Waals surface area contributed by atoms with E-state index in [2.05, 4.69) is 13.8 Å². The third-order valence-electron chi connectivity index (χ3n) is 4.48. The van der Waals surface area contributed by atoms with Gasteiger partial charge in [0, 0.05) is 17.6 Å². The van der Waals surface area contributed by atoms with Crippen LogP contribution >= 0.6 is 0 Å². The Hall–Kier alpha value is -1.36. The molecule has 1 aromatic rings. The zero-order valence-corrected chi connectivity index (χ0v) is 14.6. The van der Waals surface area contributed by atoms with Gasteiger partial charge in [-0.15, -0.1) is 0 Å². The van der Waals surface area contributed by atoms with Crippen LogP contribution in [0.1, 0.15) is 57.3 Å². The van der Waals surface area contributed by atoms with Gasteiger partial charge in [0.2, 0.25) is 0 Å². The lowest BCUT2D eigenvalue weighted by atomic mass is 9.96. The molecule has 5 heteroatoms. The summed E-state index contributed by atoms with van der Waals surface area (Å²) in [7, 11) is -3.29. The molecular formula is C17H25NO3S. The number of likely N-dealkylation sites (tertiary alicyclic amines) is 1. The van der Waals surface area contributed by atoms with E-state index in [1.54, 1.807) is 38.1 Å². The predicted molar refractivity (Wildman–Crippen MR) is 87.7 cm³/mol. The molecule has 1 fully saturated rings. The normalized spacial score (nSPS) is 22.9. The van der Waals surface area contributed by atoms with Gasteiger partial charge in [0.25, 0.3) is 5.91 Å². The molecule has 0 bridgehead atoms. The standard InChI is InChI=1S/C17H25NO3S/c1-12(2)22(20,21)16-10-8-15(9-11-16)17(19)18-13(3)6-5-7-14(18)4/h8-14H,5-7H2,1-4H3. The van der Waals surface area contributed by atoms with Crippen molar-refractivity contribution < 1.29 is 13.2 Å². The first kappa shape index (κ1) is 17.0. The van der Waals surface area contributed by atoms with Gasteiger partial charge < -0.3 is 4.90 Å². The van der Waals surface area contributed by atoms with Gasteiger partial charge in [-0.1, -0.05) is 0 Å². The first-order chi connectivity index (χ1) is 10.2. The summed E-state index contributed by atoms with van der Waals surface area (Å²) in [5, 5.41) is -0.462. The van der Waals surface area contributed by atoms with Crippen LogP contribution in [0.25, 0.3) is 0 Å². The highest BCUT2D eigenvalue weighted by Crippen LogP contribution is 2.25. The fraction of sp³-hybridized carbons (Fsp3) is 0.588. The number of benzene rings is 1. The Balaban J connectivity index is 2.25. The van der Waals surface area contributed by atoms with Gasteiger partial charge in [-0.3, -0.25) is 4.79 Å². The minimum atomic E-state index is -3.29. The van der Waals surface area contributed by atoms with Gasteiger partial charge in [-0.25, -0.2) is 8.42 Å². The lowest BCUT2D eigenvalue weighted by Crippen LogP contribution is -2.47. The molecule has 2 rings (SSSR count). The number of nitrogens with zero attached hydrogens (tertiary/aromatic N) is 1. The molecule has 0 radical (unpaired) electrons. The zero-order valence-electron chi connectivity index (χ0n) is 13.7. The van der Waals surface area contributed by atoms with Crippen LogP contribution < -0.4 is 0 Å². The number of rotatable bonds is 3. The Morgan fingerprint density at radius 1 is 1.09 bits per heavy atom. The van der Waals surface area contributed by atoms with Crippen molar-refractivity contribution in [2.75, 3.05) is 0 Å². The minimum absolute atomic E-state index is 0.00630. The number of carbonyl (C=O) groups is 1. The van der Waals surface area contributed by atoms with Gasteiger partial charge in [0.1, 0.15) is 0 Å². The molecule has 0 aliphatic carbocycles. The molecule has 1 amide bonds. The van der Waals surface area contributed by atoms with E-state index in [1.807, 2.05) is 4.90 Å². The average molecular weight is 323 g/mol. The Morgan fingerprint density at radius 3 is 2.05 bits per heavy atom. The maximum atomic E-state index is 12.7. The molecule has 22 heavy (non-hydrogen) atoms. The summed E-state index contributed by atoms with van der Waals surface area (Å²) < 4.78 is 24.2. The quantitative estimate of drug-likeness (QED) is 0.858. The molecule has 0 spiro atoms. The van der Waals surface area contributed by atoms with Crippen molar-refractivity contribution in [2.45, 2.75) is 69.2 Å². The van der Waals surface area contributed by atoms with Gasteiger partial charge in [-0.2, -0.15) is 0 Å². The summed E-state index contributed by atoms with van der Waals surface area (Å²) in [6.45, 7) is 7.47. The summed E-state index contributed by atoms with van der Waals surface area (Å²) in [5.41, 5.74) is 0.559. The van der Waals surface area contributed by atoms with Crippen LogP contribution in [-0.2, 0) is 9.84 Å². The van der Waals surface area contributed by atoms with Crippen LogP contribution in [0.3, 0.4) is 0 Å². The van der Waals surface area contributed by atoms with Gasteiger partial charge in [0.15, 0.2) is 9.84 Å². The van der Waals surface area contributed by atoms with Crippen molar-refractivity contribution in [1.82, 2.24) is 4.90 Å². The third-order valence-corrected chi connectivity index (χ3v) is 6.65. The van der Waals surface area contributed by atoms with Gasteiger partial charge in [0.05, 0.1) is 10.1 Å². The van der Waals surface area contributed by atoms with Crippen molar-refractivity contribution in [2.24, 2.45) is 0 Å². The molecule has 4 nitrogen and oxygen atoms in total.